The lowest BCUT2D eigenvalue weighted by atomic mass is 10.3. The first kappa shape index (κ1) is 15.7. The molecule has 0 unspecified atom stereocenters. The molecule has 1 aromatic carbocycles. The largest absolute Gasteiger partial charge is 0.467 e. The summed E-state index contributed by atoms with van der Waals surface area (Å²) in [5.74, 6) is 0.767. The van der Waals surface area contributed by atoms with Crippen LogP contribution in [0.2, 0.25) is 0 Å². The van der Waals surface area contributed by atoms with E-state index in [2.05, 4.69) is 4.98 Å². The number of aromatic nitrogens is 5. The molecular formula is C20H17N5O2. The molecular weight excluding hydrogens is 342 g/mol. The fourth-order valence-electron chi connectivity index (χ4n) is 3.45. The summed E-state index contributed by atoms with van der Waals surface area (Å²) >= 11 is 0. The molecule has 5 aromatic rings. The van der Waals surface area contributed by atoms with E-state index in [0.29, 0.717) is 35.3 Å². The fourth-order valence-corrected chi connectivity index (χ4v) is 3.45. The number of hydrogen-bond donors (Lipinski definition) is 0. The van der Waals surface area contributed by atoms with E-state index in [1.165, 1.54) is 0 Å². The monoisotopic (exact) mass is 359 g/mol. The van der Waals surface area contributed by atoms with Crippen molar-refractivity contribution in [2.24, 2.45) is 0 Å². The van der Waals surface area contributed by atoms with Crippen molar-refractivity contribution in [3.8, 4) is 0 Å². The van der Waals surface area contributed by atoms with Crippen LogP contribution in [0.1, 0.15) is 19.1 Å². The van der Waals surface area contributed by atoms with Crippen molar-refractivity contribution in [1.82, 2.24) is 24.1 Å². The van der Waals surface area contributed by atoms with Gasteiger partial charge < -0.3 is 8.98 Å². The van der Waals surface area contributed by atoms with Crippen LogP contribution in [-0.2, 0) is 13.1 Å². The molecule has 4 heterocycles. The summed E-state index contributed by atoms with van der Waals surface area (Å²) in [6.07, 6.45) is 4.09. The van der Waals surface area contributed by atoms with E-state index in [9.17, 15) is 4.79 Å². The Morgan fingerprint density at radius 2 is 1.85 bits per heavy atom. The van der Waals surface area contributed by atoms with E-state index in [-0.39, 0.29) is 5.56 Å². The lowest BCUT2D eigenvalue weighted by Crippen LogP contribution is -2.20. The Labute approximate surface area is 153 Å². The minimum Gasteiger partial charge on any atom is -0.467 e. The van der Waals surface area contributed by atoms with Gasteiger partial charge in [0.25, 0.3) is 5.56 Å². The molecule has 5 rings (SSSR count). The second-order valence-corrected chi connectivity index (χ2v) is 6.49. The van der Waals surface area contributed by atoms with Gasteiger partial charge in [0.2, 0.25) is 0 Å². The van der Waals surface area contributed by atoms with Crippen molar-refractivity contribution < 1.29 is 4.42 Å². The topological polar surface area (TPSA) is 78.7 Å². The smallest absolute Gasteiger partial charge is 0.265 e. The molecule has 0 aliphatic heterocycles. The molecule has 7 nitrogen and oxygen atoms in total. The van der Waals surface area contributed by atoms with E-state index in [1.54, 1.807) is 17.2 Å². The van der Waals surface area contributed by atoms with E-state index in [1.807, 2.05) is 47.9 Å². The van der Waals surface area contributed by atoms with Gasteiger partial charge in [0.15, 0.2) is 11.3 Å². The summed E-state index contributed by atoms with van der Waals surface area (Å²) in [5.41, 5.74) is 3.25. The van der Waals surface area contributed by atoms with Crippen LogP contribution in [0, 0.1) is 0 Å². The Bertz CT molecular complexity index is 1330. The predicted octanol–water partition coefficient (Wildman–Crippen LogP) is 3.35. The third-order valence-electron chi connectivity index (χ3n) is 4.68. The molecule has 0 fully saturated rings. The standard InChI is InChI=1S/C20H17N5O2/c1-2-9-24-12-21-18-16(20(24)26)17-19(25(18)11-13-6-5-10-27-13)23-15-8-4-3-7-14(15)22-17/h3-8,10,12H,2,9,11H2,1H3. The average Bonchev–Trinajstić information content (AvgIpc) is 3.30. The molecule has 0 aliphatic carbocycles. The predicted molar refractivity (Wildman–Crippen MR) is 103 cm³/mol. The van der Waals surface area contributed by atoms with Crippen LogP contribution in [-0.4, -0.2) is 24.1 Å². The van der Waals surface area contributed by atoms with Crippen LogP contribution in [0.15, 0.2) is 58.2 Å². The van der Waals surface area contributed by atoms with Gasteiger partial charge in [-0.15, -0.1) is 0 Å². The number of rotatable bonds is 4. The summed E-state index contributed by atoms with van der Waals surface area (Å²) in [5, 5.41) is 0.505. The van der Waals surface area contributed by atoms with Crippen molar-refractivity contribution in [3.63, 3.8) is 0 Å². The highest BCUT2D eigenvalue weighted by Crippen LogP contribution is 2.25. The van der Waals surface area contributed by atoms with Gasteiger partial charge in [-0.25, -0.2) is 15.0 Å². The molecule has 0 amide bonds. The summed E-state index contributed by atoms with van der Waals surface area (Å²) in [6, 6.07) is 11.4. The van der Waals surface area contributed by atoms with E-state index >= 15 is 0 Å². The van der Waals surface area contributed by atoms with E-state index in [4.69, 9.17) is 14.4 Å². The molecule has 7 heteroatoms. The number of fused-ring (bicyclic) bond motifs is 4. The maximum atomic E-state index is 13.1. The van der Waals surface area contributed by atoms with Gasteiger partial charge in [-0.1, -0.05) is 19.1 Å². The van der Waals surface area contributed by atoms with Crippen LogP contribution < -0.4 is 5.56 Å². The van der Waals surface area contributed by atoms with Gasteiger partial charge in [0.05, 0.1) is 30.2 Å². The zero-order valence-electron chi connectivity index (χ0n) is 14.8. The Morgan fingerprint density at radius 1 is 1.04 bits per heavy atom. The summed E-state index contributed by atoms with van der Waals surface area (Å²) in [4.78, 5) is 27.2. The molecule has 0 atom stereocenters. The highest BCUT2D eigenvalue weighted by atomic mass is 16.3. The maximum absolute atomic E-state index is 13.1. The van der Waals surface area contributed by atoms with Gasteiger partial charge in [-0.3, -0.25) is 9.36 Å². The summed E-state index contributed by atoms with van der Waals surface area (Å²) in [6.45, 7) is 3.09. The molecule has 0 N–H and O–H groups in total. The Hall–Kier alpha value is -3.48. The van der Waals surface area contributed by atoms with Gasteiger partial charge in [0.1, 0.15) is 16.7 Å². The zero-order chi connectivity index (χ0) is 18.4. The number of furan rings is 1. The molecule has 0 saturated carbocycles. The second kappa shape index (κ2) is 6.05. The highest BCUT2D eigenvalue weighted by molar-refractivity contribution is 6.04. The first-order valence-electron chi connectivity index (χ1n) is 8.93. The fraction of sp³-hybridized carbons (Fsp3) is 0.200. The Balaban J connectivity index is 1.91. The summed E-state index contributed by atoms with van der Waals surface area (Å²) in [7, 11) is 0. The first-order valence-corrected chi connectivity index (χ1v) is 8.93. The van der Waals surface area contributed by atoms with Crippen LogP contribution >= 0.6 is 0 Å². The normalized spacial score (nSPS) is 11.7. The van der Waals surface area contributed by atoms with Crippen LogP contribution in [0.3, 0.4) is 0 Å². The number of nitrogens with zero attached hydrogens (tertiary/aromatic N) is 5. The van der Waals surface area contributed by atoms with Crippen LogP contribution in [0.25, 0.3) is 33.2 Å². The number of para-hydroxylation sites is 2. The number of hydrogen-bond acceptors (Lipinski definition) is 5. The lowest BCUT2D eigenvalue weighted by Gasteiger charge is -2.05. The van der Waals surface area contributed by atoms with Gasteiger partial charge in [-0.2, -0.15) is 0 Å². The van der Waals surface area contributed by atoms with Crippen molar-refractivity contribution in [3.05, 3.63) is 65.1 Å². The van der Waals surface area contributed by atoms with Crippen molar-refractivity contribution in [1.29, 1.82) is 0 Å². The van der Waals surface area contributed by atoms with Gasteiger partial charge in [0, 0.05) is 6.54 Å². The van der Waals surface area contributed by atoms with Crippen molar-refractivity contribution in [2.45, 2.75) is 26.4 Å². The zero-order valence-corrected chi connectivity index (χ0v) is 14.8. The molecule has 0 bridgehead atoms. The van der Waals surface area contributed by atoms with Crippen LogP contribution in [0.4, 0.5) is 0 Å². The van der Waals surface area contributed by atoms with E-state index < -0.39 is 0 Å². The Kier molecular flexibility index (Phi) is 3.53. The molecule has 0 spiro atoms. The quantitative estimate of drug-likeness (QED) is 0.492. The molecule has 0 aliphatic rings. The molecule has 0 radical (unpaired) electrons. The first-order chi connectivity index (χ1) is 13.3. The van der Waals surface area contributed by atoms with Crippen LogP contribution in [0.5, 0.6) is 0 Å². The highest BCUT2D eigenvalue weighted by Gasteiger charge is 2.20. The summed E-state index contributed by atoms with van der Waals surface area (Å²) < 4.78 is 9.04. The molecule has 0 saturated heterocycles. The average molecular weight is 359 g/mol. The molecule has 134 valence electrons. The van der Waals surface area contributed by atoms with Crippen molar-refractivity contribution in [2.75, 3.05) is 0 Å². The molecule has 4 aromatic heterocycles. The Morgan fingerprint density at radius 3 is 2.59 bits per heavy atom. The van der Waals surface area contributed by atoms with E-state index in [0.717, 1.165) is 23.2 Å². The SMILES string of the molecule is CCCn1cnc2c(c1=O)c1nc3ccccc3nc1n2Cc1ccco1. The maximum Gasteiger partial charge on any atom is 0.265 e. The minimum atomic E-state index is -0.0883. The number of aryl methyl sites for hydroxylation is 1. The molecule has 27 heavy (non-hydrogen) atoms. The third kappa shape index (κ3) is 2.43. The third-order valence-corrected chi connectivity index (χ3v) is 4.68. The lowest BCUT2D eigenvalue weighted by molar-refractivity contribution is 0.498. The second-order valence-electron chi connectivity index (χ2n) is 6.49. The van der Waals surface area contributed by atoms with Gasteiger partial charge in [-0.05, 0) is 30.7 Å². The minimum absolute atomic E-state index is 0.0883. The van der Waals surface area contributed by atoms with Gasteiger partial charge >= 0.3 is 0 Å². The number of benzene rings is 1. The van der Waals surface area contributed by atoms with Crippen molar-refractivity contribution >= 4 is 33.2 Å².